The number of nitrogens with two attached hydrogens (primary N) is 1. The molecule has 0 radical (unpaired) electrons. The molecule has 1 unspecified atom stereocenters. The van der Waals surface area contributed by atoms with E-state index in [9.17, 15) is 4.79 Å². The van der Waals surface area contributed by atoms with Crippen molar-refractivity contribution < 1.29 is 9.53 Å². The van der Waals surface area contributed by atoms with Crippen LogP contribution < -0.4 is 15.8 Å². The molecule has 1 atom stereocenters. The van der Waals surface area contributed by atoms with Gasteiger partial charge in [0, 0.05) is 6.07 Å². The van der Waals surface area contributed by atoms with E-state index >= 15 is 0 Å². The van der Waals surface area contributed by atoms with E-state index in [4.69, 9.17) is 10.5 Å². The largest absolute Gasteiger partial charge is 0.439 e. The number of nitrogens with zero attached hydrogens (tertiary/aromatic N) is 1. The number of halogens is 1. The second-order valence-corrected chi connectivity index (χ2v) is 4.96. The Balaban J connectivity index is 0.00000242. The normalized spacial score (nSPS) is 11.3. The van der Waals surface area contributed by atoms with Crippen LogP contribution in [-0.2, 0) is 4.79 Å². The summed E-state index contributed by atoms with van der Waals surface area (Å²) >= 11 is 0. The Morgan fingerprint density at radius 1 is 1.27 bits per heavy atom. The van der Waals surface area contributed by atoms with Gasteiger partial charge in [-0.05, 0) is 44.0 Å². The minimum Gasteiger partial charge on any atom is -0.439 e. The summed E-state index contributed by atoms with van der Waals surface area (Å²) in [6.07, 6.45) is 1.54. The monoisotopic (exact) mass is 321 g/mol. The first-order valence-corrected chi connectivity index (χ1v) is 6.74. The molecule has 2 aromatic rings. The molecule has 0 spiro atoms. The molecule has 0 aliphatic heterocycles. The molecule has 1 aromatic carbocycles. The van der Waals surface area contributed by atoms with Gasteiger partial charge < -0.3 is 15.8 Å². The second kappa shape index (κ2) is 7.77. The van der Waals surface area contributed by atoms with Crippen LogP contribution in [0.1, 0.15) is 18.1 Å². The number of anilines is 1. The molecule has 1 amide bonds. The van der Waals surface area contributed by atoms with Crippen LogP contribution in [0, 0.1) is 13.8 Å². The van der Waals surface area contributed by atoms with Crippen LogP contribution in [-0.4, -0.2) is 16.9 Å². The van der Waals surface area contributed by atoms with Crippen molar-refractivity contribution in [3.05, 3.63) is 47.7 Å². The fraction of sp³-hybridized carbons (Fsp3) is 0.250. The van der Waals surface area contributed by atoms with Gasteiger partial charge in [-0.2, -0.15) is 0 Å². The van der Waals surface area contributed by atoms with Crippen LogP contribution in [0.5, 0.6) is 11.6 Å². The molecule has 0 aliphatic rings. The lowest BCUT2D eigenvalue weighted by Crippen LogP contribution is -2.32. The Bertz CT molecular complexity index is 642. The maximum Gasteiger partial charge on any atom is 0.241 e. The standard InChI is InChI=1S/C16H19N3O2.ClH/c1-10-5-4-6-14(11(10)2)21-15-8-7-13(9-18-15)19-16(20)12(3)17;/h4-9,12H,17H2,1-3H3,(H,19,20);1H. The highest BCUT2D eigenvalue weighted by Gasteiger charge is 2.08. The first-order valence-electron chi connectivity index (χ1n) is 6.74. The zero-order valence-electron chi connectivity index (χ0n) is 12.8. The summed E-state index contributed by atoms with van der Waals surface area (Å²) in [5.41, 5.74) is 8.32. The molecule has 2 rings (SSSR count). The molecule has 6 heteroatoms. The minimum atomic E-state index is -0.559. The molecule has 118 valence electrons. The summed E-state index contributed by atoms with van der Waals surface area (Å²) in [5.74, 6) is 0.998. The van der Waals surface area contributed by atoms with Crippen molar-refractivity contribution >= 4 is 24.0 Å². The summed E-state index contributed by atoms with van der Waals surface area (Å²) in [6, 6.07) is 8.75. The second-order valence-electron chi connectivity index (χ2n) is 4.96. The number of rotatable bonds is 4. The molecule has 0 aliphatic carbocycles. The Kier molecular flexibility index (Phi) is 6.34. The van der Waals surface area contributed by atoms with E-state index in [0.717, 1.165) is 16.9 Å². The van der Waals surface area contributed by atoms with Crippen LogP contribution in [0.3, 0.4) is 0 Å². The maximum absolute atomic E-state index is 11.5. The van der Waals surface area contributed by atoms with Gasteiger partial charge in [-0.1, -0.05) is 12.1 Å². The van der Waals surface area contributed by atoms with Crippen LogP contribution in [0.25, 0.3) is 0 Å². The van der Waals surface area contributed by atoms with Crippen molar-refractivity contribution in [1.29, 1.82) is 0 Å². The summed E-state index contributed by atoms with van der Waals surface area (Å²) < 4.78 is 5.75. The van der Waals surface area contributed by atoms with Crippen molar-refractivity contribution in [2.75, 3.05) is 5.32 Å². The van der Waals surface area contributed by atoms with Gasteiger partial charge in [-0.15, -0.1) is 12.4 Å². The van der Waals surface area contributed by atoms with Gasteiger partial charge in [-0.25, -0.2) is 4.98 Å². The number of hydrogen-bond acceptors (Lipinski definition) is 4. The van der Waals surface area contributed by atoms with Crippen LogP contribution in [0.15, 0.2) is 36.5 Å². The van der Waals surface area contributed by atoms with Crippen molar-refractivity contribution in [3.63, 3.8) is 0 Å². The van der Waals surface area contributed by atoms with E-state index < -0.39 is 6.04 Å². The topological polar surface area (TPSA) is 77.2 Å². The fourth-order valence-corrected chi connectivity index (χ4v) is 1.72. The zero-order chi connectivity index (χ0) is 15.4. The van der Waals surface area contributed by atoms with E-state index in [1.54, 1.807) is 25.3 Å². The predicted octanol–water partition coefficient (Wildman–Crippen LogP) is 3.20. The van der Waals surface area contributed by atoms with Crippen molar-refractivity contribution in [2.45, 2.75) is 26.8 Å². The number of pyridine rings is 1. The number of amides is 1. The third-order valence-corrected chi connectivity index (χ3v) is 3.19. The lowest BCUT2D eigenvalue weighted by atomic mass is 10.1. The molecule has 5 nitrogen and oxygen atoms in total. The van der Waals surface area contributed by atoms with E-state index in [2.05, 4.69) is 10.3 Å². The molecule has 0 saturated heterocycles. The Hall–Kier alpha value is -2.11. The van der Waals surface area contributed by atoms with Gasteiger partial charge >= 0.3 is 0 Å². The van der Waals surface area contributed by atoms with E-state index in [0.29, 0.717) is 11.6 Å². The van der Waals surface area contributed by atoms with Crippen LogP contribution in [0.2, 0.25) is 0 Å². The quantitative estimate of drug-likeness (QED) is 0.906. The smallest absolute Gasteiger partial charge is 0.241 e. The summed E-state index contributed by atoms with van der Waals surface area (Å²) in [5, 5.41) is 2.67. The average molecular weight is 322 g/mol. The highest BCUT2D eigenvalue weighted by molar-refractivity contribution is 5.94. The maximum atomic E-state index is 11.5. The zero-order valence-corrected chi connectivity index (χ0v) is 13.6. The lowest BCUT2D eigenvalue weighted by Gasteiger charge is -2.11. The number of nitrogens with one attached hydrogen (secondary N) is 1. The van der Waals surface area contributed by atoms with Gasteiger partial charge in [0.1, 0.15) is 5.75 Å². The predicted molar refractivity (Wildman–Crippen MR) is 89.8 cm³/mol. The van der Waals surface area contributed by atoms with Gasteiger partial charge in [-0.3, -0.25) is 4.79 Å². The van der Waals surface area contributed by atoms with Gasteiger partial charge in [0.25, 0.3) is 0 Å². The van der Waals surface area contributed by atoms with Crippen molar-refractivity contribution in [2.24, 2.45) is 5.73 Å². The molecule has 1 heterocycles. The Labute approximate surface area is 136 Å². The first-order chi connectivity index (χ1) is 9.97. The van der Waals surface area contributed by atoms with Crippen LogP contribution >= 0.6 is 12.4 Å². The van der Waals surface area contributed by atoms with Crippen molar-refractivity contribution in [3.8, 4) is 11.6 Å². The molecular formula is C16H20ClN3O2. The molecule has 0 saturated carbocycles. The SMILES string of the molecule is Cc1cccc(Oc2ccc(NC(=O)C(C)N)cn2)c1C.Cl. The lowest BCUT2D eigenvalue weighted by molar-refractivity contribution is -0.117. The number of aromatic nitrogens is 1. The van der Waals surface area contributed by atoms with Crippen LogP contribution in [0.4, 0.5) is 5.69 Å². The number of hydrogen-bond donors (Lipinski definition) is 2. The highest BCUT2D eigenvalue weighted by atomic mass is 35.5. The number of ether oxygens (including phenoxy) is 1. The summed E-state index contributed by atoms with van der Waals surface area (Å²) in [4.78, 5) is 15.7. The van der Waals surface area contributed by atoms with E-state index in [1.807, 2.05) is 32.0 Å². The van der Waals surface area contributed by atoms with Crippen molar-refractivity contribution in [1.82, 2.24) is 4.98 Å². The highest BCUT2D eigenvalue weighted by Crippen LogP contribution is 2.26. The molecule has 0 fully saturated rings. The summed E-state index contributed by atoms with van der Waals surface area (Å²) in [7, 11) is 0. The van der Waals surface area contributed by atoms with Gasteiger partial charge in [0.2, 0.25) is 11.8 Å². The Morgan fingerprint density at radius 3 is 2.59 bits per heavy atom. The third kappa shape index (κ3) is 4.44. The number of carbonyl (C=O) groups is 1. The average Bonchev–Trinajstić information content (AvgIpc) is 2.46. The molecule has 1 aromatic heterocycles. The third-order valence-electron chi connectivity index (χ3n) is 3.19. The molecule has 22 heavy (non-hydrogen) atoms. The minimum absolute atomic E-state index is 0. The Morgan fingerprint density at radius 2 is 2.00 bits per heavy atom. The van der Waals surface area contributed by atoms with Gasteiger partial charge in [0.05, 0.1) is 17.9 Å². The van der Waals surface area contributed by atoms with E-state index in [-0.39, 0.29) is 18.3 Å². The first kappa shape index (κ1) is 17.9. The summed E-state index contributed by atoms with van der Waals surface area (Å²) in [6.45, 7) is 5.66. The van der Waals surface area contributed by atoms with E-state index in [1.165, 1.54) is 0 Å². The number of benzene rings is 1. The number of carbonyl (C=O) groups excluding carboxylic acids is 1. The van der Waals surface area contributed by atoms with Gasteiger partial charge in [0.15, 0.2) is 0 Å². The fourth-order valence-electron chi connectivity index (χ4n) is 1.72. The molecular weight excluding hydrogens is 302 g/mol. The molecule has 0 bridgehead atoms. The number of aryl methyl sites for hydroxylation is 1. The molecule has 3 N–H and O–H groups in total.